The van der Waals surface area contributed by atoms with Crippen LogP contribution >= 0.6 is 0 Å². The summed E-state index contributed by atoms with van der Waals surface area (Å²) in [5.41, 5.74) is 7.12. The Hall–Kier alpha value is -1.42. The van der Waals surface area contributed by atoms with E-state index in [4.69, 9.17) is 5.73 Å². The second-order valence-electron chi connectivity index (χ2n) is 7.34. The zero-order valence-corrected chi connectivity index (χ0v) is 13.7. The average molecular weight is 318 g/mol. The highest BCUT2D eigenvalue weighted by molar-refractivity contribution is 5.79. The number of hydrogen-bond donors (Lipinski definition) is 2. The summed E-state index contributed by atoms with van der Waals surface area (Å²) in [6.07, 6.45) is 8.28. The fourth-order valence-electron chi connectivity index (χ4n) is 4.29. The summed E-state index contributed by atoms with van der Waals surface area (Å²) in [7, 11) is 0. The molecule has 0 aromatic heterocycles. The topological polar surface area (TPSA) is 55.1 Å². The van der Waals surface area contributed by atoms with Gasteiger partial charge in [0.2, 0.25) is 5.91 Å². The predicted octanol–water partition coefficient (Wildman–Crippen LogP) is 3.27. The van der Waals surface area contributed by atoms with Crippen molar-refractivity contribution in [2.45, 2.75) is 62.8 Å². The number of carbonyl (C=O) groups excluding carboxylic acids is 1. The Morgan fingerprint density at radius 1 is 1.17 bits per heavy atom. The number of benzene rings is 1. The van der Waals surface area contributed by atoms with E-state index in [2.05, 4.69) is 5.32 Å². The monoisotopic (exact) mass is 318 g/mol. The third-order valence-electron chi connectivity index (χ3n) is 5.70. The molecule has 1 aromatic rings. The van der Waals surface area contributed by atoms with Crippen LogP contribution in [0.25, 0.3) is 0 Å². The van der Waals surface area contributed by atoms with Gasteiger partial charge in [0.15, 0.2) is 0 Å². The Morgan fingerprint density at radius 2 is 1.87 bits per heavy atom. The molecule has 3 N–H and O–H groups in total. The molecule has 0 heterocycles. The Labute approximate surface area is 137 Å². The highest BCUT2D eigenvalue weighted by atomic mass is 19.1. The van der Waals surface area contributed by atoms with Crippen LogP contribution in [0.1, 0.15) is 56.9 Å². The van der Waals surface area contributed by atoms with Crippen molar-refractivity contribution in [2.24, 2.45) is 11.7 Å². The van der Waals surface area contributed by atoms with Crippen molar-refractivity contribution < 1.29 is 9.18 Å². The maximum atomic E-state index is 13.2. The average Bonchev–Trinajstić information content (AvgIpc) is 3.03. The van der Waals surface area contributed by atoms with Gasteiger partial charge in [-0.1, -0.05) is 31.4 Å². The highest BCUT2D eigenvalue weighted by Gasteiger charge is 2.36. The molecule has 2 aliphatic rings. The van der Waals surface area contributed by atoms with Gasteiger partial charge in [-0.05, 0) is 49.8 Å². The van der Waals surface area contributed by atoms with Gasteiger partial charge in [-0.15, -0.1) is 0 Å². The molecule has 126 valence electrons. The highest BCUT2D eigenvalue weighted by Crippen LogP contribution is 2.40. The molecule has 2 aliphatic carbocycles. The second-order valence-corrected chi connectivity index (χ2v) is 7.34. The summed E-state index contributed by atoms with van der Waals surface area (Å²) in [5, 5.41) is 3.18. The number of hydrogen-bond acceptors (Lipinski definition) is 2. The van der Waals surface area contributed by atoms with E-state index in [1.165, 1.54) is 25.0 Å². The van der Waals surface area contributed by atoms with Crippen LogP contribution in [0, 0.1) is 11.7 Å². The molecule has 0 saturated heterocycles. The van der Waals surface area contributed by atoms with E-state index in [1.807, 2.05) is 12.1 Å². The van der Waals surface area contributed by atoms with Crippen molar-refractivity contribution in [2.75, 3.05) is 6.54 Å². The molecule has 23 heavy (non-hydrogen) atoms. The third kappa shape index (κ3) is 3.74. The lowest BCUT2D eigenvalue weighted by Gasteiger charge is -2.32. The molecule has 3 nitrogen and oxygen atoms in total. The van der Waals surface area contributed by atoms with Crippen molar-refractivity contribution in [3.63, 3.8) is 0 Å². The van der Waals surface area contributed by atoms with Crippen LogP contribution in [0.3, 0.4) is 0 Å². The summed E-state index contributed by atoms with van der Waals surface area (Å²) < 4.78 is 13.2. The summed E-state index contributed by atoms with van der Waals surface area (Å²) in [4.78, 5) is 12.5. The van der Waals surface area contributed by atoms with Crippen LogP contribution in [0.5, 0.6) is 0 Å². The maximum absolute atomic E-state index is 13.2. The van der Waals surface area contributed by atoms with Gasteiger partial charge in [-0.25, -0.2) is 4.39 Å². The lowest BCUT2D eigenvalue weighted by atomic mass is 9.78. The minimum atomic E-state index is -0.206. The molecule has 2 unspecified atom stereocenters. The number of nitrogens with two attached hydrogens (primary N) is 1. The van der Waals surface area contributed by atoms with Gasteiger partial charge in [0.1, 0.15) is 5.82 Å². The van der Waals surface area contributed by atoms with Crippen LogP contribution in [0.15, 0.2) is 24.3 Å². The fraction of sp³-hybridized carbons (Fsp3) is 0.632. The number of nitrogens with one attached hydrogen (secondary N) is 1. The smallest absolute Gasteiger partial charge is 0.223 e. The number of carbonyl (C=O) groups is 1. The van der Waals surface area contributed by atoms with Crippen molar-refractivity contribution >= 4 is 5.91 Å². The van der Waals surface area contributed by atoms with Crippen LogP contribution in [0.2, 0.25) is 0 Å². The van der Waals surface area contributed by atoms with E-state index in [9.17, 15) is 9.18 Å². The molecule has 0 spiro atoms. The normalized spacial score (nSPS) is 26.9. The lowest BCUT2D eigenvalue weighted by molar-refractivity contribution is -0.126. The van der Waals surface area contributed by atoms with E-state index < -0.39 is 0 Å². The summed E-state index contributed by atoms with van der Waals surface area (Å²) in [6.45, 7) is 0.656. The first-order chi connectivity index (χ1) is 11.1. The maximum Gasteiger partial charge on any atom is 0.223 e. The van der Waals surface area contributed by atoms with Gasteiger partial charge < -0.3 is 11.1 Å². The fourth-order valence-corrected chi connectivity index (χ4v) is 4.29. The Kier molecular flexibility index (Phi) is 5.00. The molecular formula is C19H27FN2O. The zero-order valence-electron chi connectivity index (χ0n) is 13.7. The van der Waals surface area contributed by atoms with Gasteiger partial charge >= 0.3 is 0 Å². The Morgan fingerprint density at radius 3 is 2.52 bits per heavy atom. The van der Waals surface area contributed by atoms with Gasteiger partial charge in [-0.3, -0.25) is 4.79 Å². The van der Waals surface area contributed by atoms with Gasteiger partial charge in [-0.2, -0.15) is 0 Å². The molecule has 2 saturated carbocycles. The van der Waals surface area contributed by atoms with Gasteiger partial charge in [0.25, 0.3) is 0 Å². The van der Waals surface area contributed by atoms with Crippen molar-refractivity contribution in [3.8, 4) is 0 Å². The van der Waals surface area contributed by atoms with Crippen LogP contribution in [-0.4, -0.2) is 18.5 Å². The van der Waals surface area contributed by atoms with E-state index in [0.29, 0.717) is 6.54 Å². The Balaban J connectivity index is 1.66. The van der Waals surface area contributed by atoms with Gasteiger partial charge in [0.05, 0.1) is 0 Å². The molecule has 2 atom stereocenters. The predicted molar refractivity (Wildman–Crippen MR) is 89.5 cm³/mol. The first kappa shape index (κ1) is 16.4. The second kappa shape index (κ2) is 7.00. The third-order valence-corrected chi connectivity index (χ3v) is 5.70. The van der Waals surface area contributed by atoms with Crippen LogP contribution < -0.4 is 11.1 Å². The van der Waals surface area contributed by atoms with Crippen molar-refractivity contribution in [1.29, 1.82) is 0 Å². The minimum absolute atomic E-state index is 0.0276. The van der Waals surface area contributed by atoms with E-state index in [1.54, 1.807) is 0 Å². The first-order valence-electron chi connectivity index (χ1n) is 8.88. The molecule has 0 bridgehead atoms. The summed E-state index contributed by atoms with van der Waals surface area (Å²) in [6, 6.07) is 6.97. The molecule has 0 aliphatic heterocycles. The standard InChI is InChI=1S/C19H27FN2O/c20-16-8-6-15(7-9-16)19(10-1-2-11-19)13-22-18(23)14-4-3-5-17(21)12-14/h6-9,14,17H,1-5,10-13,21H2,(H,22,23). The quantitative estimate of drug-likeness (QED) is 0.895. The number of amides is 1. The summed E-state index contributed by atoms with van der Waals surface area (Å²) in [5.74, 6) is 0.00100. The largest absolute Gasteiger partial charge is 0.355 e. The first-order valence-corrected chi connectivity index (χ1v) is 8.88. The Bertz CT molecular complexity index is 537. The molecule has 1 aromatic carbocycles. The minimum Gasteiger partial charge on any atom is -0.355 e. The van der Waals surface area contributed by atoms with Crippen LogP contribution in [0.4, 0.5) is 4.39 Å². The van der Waals surface area contributed by atoms with Gasteiger partial charge in [0, 0.05) is 23.9 Å². The molecular weight excluding hydrogens is 291 g/mol. The van der Waals surface area contributed by atoms with E-state index >= 15 is 0 Å². The van der Waals surface area contributed by atoms with E-state index in [-0.39, 0.29) is 29.1 Å². The SMILES string of the molecule is NC1CCCC(C(=O)NCC2(c3ccc(F)cc3)CCCC2)C1. The molecule has 4 heteroatoms. The van der Waals surface area contributed by atoms with Crippen LogP contribution in [-0.2, 0) is 10.2 Å². The molecule has 0 radical (unpaired) electrons. The van der Waals surface area contributed by atoms with Crippen molar-refractivity contribution in [1.82, 2.24) is 5.32 Å². The molecule has 1 amide bonds. The van der Waals surface area contributed by atoms with Crippen molar-refractivity contribution in [3.05, 3.63) is 35.6 Å². The molecule has 3 rings (SSSR count). The number of halogens is 1. The van der Waals surface area contributed by atoms with E-state index in [0.717, 1.165) is 44.1 Å². The zero-order chi connectivity index (χ0) is 16.3. The lowest BCUT2D eigenvalue weighted by Crippen LogP contribution is -2.43. The number of rotatable bonds is 4. The molecule has 2 fully saturated rings. The summed E-state index contributed by atoms with van der Waals surface area (Å²) >= 11 is 0.